The normalized spacial score (nSPS) is 10.5. The van der Waals surface area contributed by atoms with Gasteiger partial charge in [0.15, 0.2) is 0 Å². The maximum absolute atomic E-state index is 12.1. The average molecular weight is 658 g/mol. The Morgan fingerprint density at radius 3 is 0.956 bits per heavy atom. The van der Waals surface area contributed by atoms with Gasteiger partial charge in [0.25, 0.3) is 0 Å². The molecule has 3 aromatic carbocycles. The third-order valence-electron chi connectivity index (χ3n) is 6.37. The summed E-state index contributed by atoms with van der Waals surface area (Å²) in [5.74, 6) is -2.17. The van der Waals surface area contributed by atoms with Gasteiger partial charge in [0, 0.05) is 33.4 Å². The Balaban J connectivity index is 1.76. The molecule has 0 aliphatic rings. The molecule has 4 rings (SSSR count). The van der Waals surface area contributed by atoms with Crippen LogP contribution in [0, 0.1) is 20.8 Å². The number of benzene rings is 3. The van der Waals surface area contributed by atoms with Crippen LogP contribution < -0.4 is 33.2 Å². The summed E-state index contributed by atoms with van der Waals surface area (Å²) in [6, 6.07) is 15.0. The highest BCUT2D eigenvalue weighted by molar-refractivity contribution is 7.81. The van der Waals surface area contributed by atoms with Crippen molar-refractivity contribution in [3.05, 3.63) is 105 Å². The van der Waals surface area contributed by atoms with Gasteiger partial charge in [-0.25, -0.2) is 0 Å². The Labute approximate surface area is 274 Å². The molecule has 1 aromatic heterocycles. The number of carbonyl (C=O) groups excluding carboxylic acids is 3. The molecule has 3 amide bonds. The Hall–Kier alpha value is -5.25. The molecule has 15 heteroatoms. The Kier molecular flexibility index (Phi) is 9.86. The first-order valence-electron chi connectivity index (χ1n) is 13.1. The molecule has 0 saturated carbocycles. The van der Waals surface area contributed by atoms with E-state index in [9.17, 15) is 14.4 Å². The molecule has 12 nitrogen and oxygen atoms in total. The quantitative estimate of drug-likeness (QED) is 0.143. The lowest BCUT2D eigenvalue weighted by atomic mass is 10.0. The summed E-state index contributed by atoms with van der Waals surface area (Å²) in [6.07, 6.45) is 0. The predicted octanol–water partition coefficient (Wildman–Crippen LogP) is 3.46. The number of primary amides is 3. The third-order valence-corrected chi connectivity index (χ3v) is 7.33. The first kappa shape index (κ1) is 32.7. The molecule has 0 radical (unpaired) electrons. The van der Waals surface area contributed by atoms with Gasteiger partial charge in [-0.15, -0.1) is 0 Å². The van der Waals surface area contributed by atoms with Crippen LogP contribution in [0.25, 0.3) is 0 Å². The number of nitrogens with one attached hydrogen (secondary N) is 3. The molecule has 0 atom stereocenters. The van der Waals surface area contributed by atoms with Crippen molar-refractivity contribution < 1.29 is 14.4 Å². The van der Waals surface area contributed by atoms with Crippen LogP contribution in [0.1, 0.15) is 64.5 Å². The molecule has 1 heterocycles. The van der Waals surface area contributed by atoms with Crippen molar-refractivity contribution >= 4 is 87.2 Å². The summed E-state index contributed by atoms with van der Waals surface area (Å²) in [5.41, 5.74) is 20.9. The third kappa shape index (κ3) is 7.83. The smallest absolute Gasteiger partial charge is 0.249 e. The molecule has 0 bridgehead atoms. The Morgan fingerprint density at radius 2 is 0.733 bits per heavy atom. The van der Waals surface area contributed by atoms with E-state index in [1.165, 1.54) is 0 Å². The zero-order chi connectivity index (χ0) is 33.0. The maximum atomic E-state index is 12.1. The minimum atomic E-state index is -0.669. The van der Waals surface area contributed by atoms with Crippen LogP contribution in [0.3, 0.4) is 0 Å². The van der Waals surface area contributed by atoms with Gasteiger partial charge >= 0.3 is 0 Å². The number of nitrogens with two attached hydrogens (primary N) is 3. The molecular formula is C30H27N9O3S3. The molecule has 0 fully saturated rings. The summed E-state index contributed by atoms with van der Waals surface area (Å²) in [5, 5.41) is 8.73. The van der Waals surface area contributed by atoms with Gasteiger partial charge in [0.2, 0.25) is 35.6 Å². The fourth-order valence-corrected chi connectivity index (χ4v) is 5.01. The lowest BCUT2D eigenvalue weighted by Crippen LogP contribution is -2.24. The summed E-state index contributed by atoms with van der Waals surface area (Å²) >= 11 is 16.8. The monoisotopic (exact) mass is 657 g/mol. The number of thiocarbonyl (C=S) groups is 3. The number of carbonyl (C=O) groups is 3. The highest BCUT2D eigenvalue weighted by Crippen LogP contribution is 2.20. The second-order valence-electron chi connectivity index (χ2n) is 9.91. The van der Waals surface area contributed by atoms with Crippen LogP contribution >= 0.6 is 36.7 Å². The zero-order valence-corrected chi connectivity index (χ0v) is 26.7. The van der Waals surface area contributed by atoms with E-state index in [2.05, 4.69) is 30.9 Å². The average Bonchev–Trinajstić information content (AvgIpc) is 2.96. The van der Waals surface area contributed by atoms with E-state index in [-0.39, 0.29) is 49.5 Å². The second kappa shape index (κ2) is 13.6. The second-order valence-corrected chi connectivity index (χ2v) is 11.1. The number of hydrogen-bond acceptors (Lipinski definition) is 9. The Bertz CT molecular complexity index is 1700. The largest absolute Gasteiger partial charge is 0.366 e. The van der Waals surface area contributed by atoms with Gasteiger partial charge in [0.1, 0.15) is 15.0 Å². The zero-order valence-electron chi connectivity index (χ0n) is 24.2. The van der Waals surface area contributed by atoms with Crippen molar-refractivity contribution in [1.82, 2.24) is 15.0 Å². The highest BCUT2D eigenvalue weighted by atomic mass is 32.1. The van der Waals surface area contributed by atoms with Gasteiger partial charge in [0.05, 0.1) is 0 Å². The summed E-state index contributed by atoms with van der Waals surface area (Å²) < 4.78 is 0. The number of aromatic nitrogens is 3. The molecule has 0 aliphatic carbocycles. The molecule has 0 unspecified atom stereocenters. The van der Waals surface area contributed by atoms with Crippen LogP contribution in [0.15, 0.2) is 54.6 Å². The summed E-state index contributed by atoms with van der Waals surface area (Å²) in [4.78, 5) is 49.7. The van der Waals surface area contributed by atoms with E-state index in [0.717, 1.165) is 16.7 Å². The van der Waals surface area contributed by atoms with Crippen molar-refractivity contribution in [2.75, 3.05) is 16.0 Å². The van der Waals surface area contributed by atoms with Gasteiger partial charge in [-0.05, 0) is 57.2 Å². The van der Waals surface area contributed by atoms with E-state index >= 15 is 0 Å². The highest BCUT2D eigenvalue weighted by Gasteiger charge is 2.19. The number of nitrogens with zero attached hydrogens (tertiary/aromatic N) is 3. The summed E-state index contributed by atoms with van der Waals surface area (Å²) in [6.45, 7) is 5.51. The SMILES string of the molecule is Cc1ccc(C(N)=O)c(C(=S)Nc2nc(NC(=S)c3cc(C)ccc3C(N)=O)nc(NC(=S)c3cc(C)ccc3C(N)=O)n2)c1. The number of hydrogen-bond donors (Lipinski definition) is 6. The number of anilines is 3. The lowest BCUT2D eigenvalue weighted by molar-refractivity contribution is 0.0991. The number of amides is 3. The van der Waals surface area contributed by atoms with E-state index < -0.39 is 17.7 Å². The van der Waals surface area contributed by atoms with Crippen LogP contribution in [0.5, 0.6) is 0 Å². The number of rotatable bonds is 9. The fourth-order valence-electron chi connectivity index (χ4n) is 4.23. The minimum Gasteiger partial charge on any atom is -0.366 e. The van der Waals surface area contributed by atoms with Gasteiger partial charge in [-0.1, -0.05) is 71.5 Å². The van der Waals surface area contributed by atoms with Gasteiger partial charge in [-0.2, -0.15) is 15.0 Å². The van der Waals surface area contributed by atoms with Crippen LogP contribution in [0.4, 0.5) is 17.8 Å². The van der Waals surface area contributed by atoms with Crippen molar-refractivity contribution in [1.29, 1.82) is 0 Å². The van der Waals surface area contributed by atoms with E-state index in [4.69, 9.17) is 53.9 Å². The van der Waals surface area contributed by atoms with E-state index in [1.807, 2.05) is 20.8 Å². The van der Waals surface area contributed by atoms with Crippen LogP contribution in [-0.2, 0) is 0 Å². The number of aryl methyl sites for hydroxylation is 3. The molecule has 228 valence electrons. The lowest BCUT2D eigenvalue weighted by Gasteiger charge is -2.15. The van der Waals surface area contributed by atoms with Crippen molar-refractivity contribution in [3.8, 4) is 0 Å². The summed E-state index contributed by atoms with van der Waals surface area (Å²) in [7, 11) is 0. The van der Waals surface area contributed by atoms with Crippen LogP contribution in [-0.4, -0.2) is 47.6 Å². The fraction of sp³-hybridized carbons (Fsp3) is 0.100. The van der Waals surface area contributed by atoms with Gasteiger partial charge in [-0.3, -0.25) is 14.4 Å². The Morgan fingerprint density at radius 1 is 0.489 bits per heavy atom. The molecular weight excluding hydrogens is 631 g/mol. The van der Waals surface area contributed by atoms with Gasteiger partial charge < -0.3 is 33.2 Å². The van der Waals surface area contributed by atoms with Crippen molar-refractivity contribution in [2.45, 2.75) is 20.8 Å². The predicted molar refractivity (Wildman–Crippen MR) is 185 cm³/mol. The van der Waals surface area contributed by atoms with E-state index in [1.54, 1.807) is 54.6 Å². The van der Waals surface area contributed by atoms with E-state index in [0.29, 0.717) is 16.7 Å². The molecule has 4 aromatic rings. The maximum Gasteiger partial charge on any atom is 0.249 e. The topological polar surface area (TPSA) is 204 Å². The van der Waals surface area contributed by atoms with Crippen molar-refractivity contribution in [3.63, 3.8) is 0 Å². The molecule has 0 saturated heterocycles. The minimum absolute atomic E-state index is 0.0544. The first-order chi connectivity index (χ1) is 21.2. The van der Waals surface area contributed by atoms with Crippen molar-refractivity contribution in [2.24, 2.45) is 17.2 Å². The standard InChI is InChI=1S/C30H27N9O3S3/c1-13-4-7-16(22(31)40)19(10-13)25(43)34-28-37-29(35-26(44)20-11-14(2)5-8-17(20)23(32)41)39-30(38-28)36-27(45)21-12-15(3)6-9-18(21)24(33)42/h4-12H,1-3H3,(H2,31,40)(H2,32,41)(H2,33,42)(H3,34,35,36,37,38,39,43,44,45). The first-order valence-corrected chi connectivity index (χ1v) is 14.4. The molecule has 9 N–H and O–H groups in total. The molecule has 0 spiro atoms. The molecule has 0 aliphatic heterocycles. The molecule has 45 heavy (non-hydrogen) atoms. The van der Waals surface area contributed by atoms with Crippen LogP contribution in [0.2, 0.25) is 0 Å².